The van der Waals surface area contributed by atoms with Gasteiger partial charge in [-0.15, -0.1) is 0 Å². The molecule has 0 atom stereocenters. The number of aromatic nitrogens is 2. The Morgan fingerprint density at radius 2 is 1.96 bits per heavy atom. The summed E-state index contributed by atoms with van der Waals surface area (Å²) in [4.78, 5) is 16.7. The van der Waals surface area contributed by atoms with Crippen molar-refractivity contribution < 1.29 is 14.3 Å². The van der Waals surface area contributed by atoms with Gasteiger partial charge in [-0.2, -0.15) is 5.10 Å². The number of hydrogen-bond donors (Lipinski definition) is 0. The minimum atomic E-state index is 0.0504. The summed E-state index contributed by atoms with van der Waals surface area (Å²) in [6.45, 7) is 5.39. The van der Waals surface area contributed by atoms with E-state index in [0.29, 0.717) is 0 Å². The topological polar surface area (TPSA) is 59.8 Å². The SMILES string of the molecule is O=C(/C=C/c1ccc2c(c1)OCO2)N1CCN(CCn2cccn2)CC1. The molecule has 4 rings (SSSR count). The molecule has 1 amide bonds. The van der Waals surface area contributed by atoms with Crippen molar-refractivity contribution in [3.63, 3.8) is 0 Å². The van der Waals surface area contributed by atoms with E-state index in [4.69, 9.17) is 9.47 Å². The molecule has 3 heterocycles. The third-order valence-corrected chi connectivity index (χ3v) is 4.70. The van der Waals surface area contributed by atoms with Crippen molar-refractivity contribution in [1.82, 2.24) is 19.6 Å². The lowest BCUT2D eigenvalue weighted by Crippen LogP contribution is -2.48. The Morgan fingerprint density at radius 1 is 1.12 bits per heavy atom. The number of piperazine rings is 1. The third kappa shape index (κ3) is 3.88. The Morgan fingerprint density at radius 3 is 2.77 bits per heavy atom. The van der Waals surface area contributed by atoms with Gasteiger partial charge in [-0.3, -0.25) is 14.4 Å². The molecule has 1 fully saturated rings. The van der Waals surface area contributed by atoms with Gasteiger partial charge in [0.15, 0.2) is 11.5 Å². The van der Waals surface area contributed by atoms with Crippen LogP contribution in [0.1, 0.15) is 5.56 Å². The molecule has 1 aromatic heterocycles. The van der Waals surface area contributed by atoms with E-state index in [0.717, 1.165) is 56.3 Å². The highest BCUT2D eigenvalue weighted by Gasteiger charge is 2.19. The lowest BCUT2D eigenvalue weighted by Gasteiger charge is -2.34. The number of carbonyl (C=O) groups is 1. The molecule has 2 aliphatic heterocycles. The van der Waals surface area contributed by atoms with E-state index in [1.165, 1.54) is 0 Å². The Kier molecular flexibility index (Phi) is 4.88. The van der Waals surface area contributed by atoms with E-state index >= 15 is 0 Å². The fourth-order valence-corrected chi connectivity index (χ4v) is 3.16. The Balaban J connectivity index is 1.25. The van der Waals surface area contributed by atoms with E-state index in [-0.39, 0.29) is 12.7 Å². The largest absolute Gasteiger partial charge is 0.454 e. The van der Waals surface area contributed by atoms with Crippen molar-refractivity contribution in [2.75, 3.05) is 39.5 Å². The Hall–Kier alpha value is -2.80. The molecular weight excluding hydrogens is 332 g/mol. The van der Waals surface area contributed by atoms with Crippen molar-refractivity contribution in [2.45, 2.75) is 6.54 Å². The summed E-state index contributed by atoms with van der Waals surface area (Å²) in [5.41, 5.74) is 0.931. The van der Waals surface area contributed by atoms with E-state index < -0.39 is 0 Å². The van der Waals surface area contributed by atoms with E-state index in [2.05, 4.69) is 10.00 Å². The monoisotopic (exact) mass is 354 g/mol. The number of rotatable bonds is 5. The van der Waals surface area contributed by atoms with E-state index in [1.54, 1.807) is 12.3 Å². The maximum Gasteiger partial charge on any atom is 0.246 e. The molecule has 26 heavy (non-hydrogen) atoms. The maximum absolute atomic E-state index is 12.4. The highest BCUT2D eigenvalue weighted by molar-refractivity contribution is 5.92. The van der Waals surface area contributed by atoms with Gasteiger partial charge >= 0.3 is 0 Å². The lowest BCUT2D eigenvalue weighted by molar-refractivity contribution is -0.127. The zero-order valence-corrected chi connectivity index (χ0v) is 14.6. The van der Waals surface area contributed by atoms with Crippen LogP contribution in [0.2, 0.25) is 0 Å². The van der Waals surface area contributed by atoms with Gasteiger partial charge in [0.1, 0.15) is 0 Å². The highest BCUT2D eigenvalue weighted by Crippen LogP contribution is 2.32. The third-order valence-electron chi connectivity index (χ3n) is 4.70. The highest BCUT2D eigenvalue weighted by atomic mass is 16.7. The molecule has 0 radical (unpaired) electrons. The Bertz CT molecular complexity index is 780. The molecule has 0 unspecified atom stereocenters. The average molecular weight is 354 g/mol. The summed E-state index contributed by atoms with van der Waals surface area (Å²) in [5.74, 6) is 1.53. The summed E-state index contributed by atoms with van der Waals surface area (Å²) < 4.78 is 12.6. The van der Waals surface area contributed by atoms with Crippen LogP contribution >= 0.6 is 0 Å². The second-order valence-electron chi connectivity index (χ2n) is 6.38. The molecule has 7 heteroatoms. The van der Waals surface area contributed by atoms with Gasteiger partial charge in [-0.25, -0.2) is 0 Å². The molecule has 0 aliphatic carbocycles. The van der Waals surface area contributed by atoms with Crippen LogP contribution in [0.4, 0.5) is 0 Å². The molecular formula is C19H22N4O3. The van der Waals surface area contributed by atoms with Gasteiger partial charge in [-0.05, 0) is 29.8 Å². The van der Waals surface area contributed by atoms with Crippen LogP contribution in [0.3, 0.4) is 0 Å². The average Bonchev–Trinajstić information content (AvgIpc) is 3.36. The summed E-state index contributed by atoms with van der Waals surface area (Å²) in [6.07, 6.45) is 7.23. The number of fused-ring (bicyclic) bond motifs is 1. The first-order valence-electron chi connectivity index (χ1n) is 8.84. The molecule has 0 bridgehead atoms. The van der Waals surface area contributed by atoms with Gasteiger partial charge in [-0.1, -0.05) is 6.07 Å². The first kappa shape index (κ1) is 16.7. The summed E-state index contributed by atoms with van der Waals surface area (Å²) in [7, 11) is 0. The second kappa shape index (κ2) is 7.61. The van der Waals surface area contributed by atoms with Crippen molar-refractivity contribution >= 4 is 12.0 Å². The molecule has 2 aliphatic rings. The number of nitrogens with zero attached hydrogens (tertiary/aromatic N) is 4. The van der Waals surface area contributed by atoms with Crippen LogP contribution in [0.15, 0.2) is 42.7 Å². The molecule has 1 saturated heterocycles. The molecule has 7 nitrogen and oxygen atoms in total. The van der Waals surface area contributed by atoms with Gasteiger partial charge in [0.2, 0.25) is 12.7 Å². The lowest BCUT2D eigenvalue weighted by atomic mass is 10.2. The van der Waals surface area contributed by atoms with Gasteiger partial charge in [0, 0.05) is 51.2 Å². The van der Waals surface area contributed by atoms with Gasteiger partial charge < -0.3 is 14.4 Å². The van der Waals surface area contributed by atoms with Crippen molar-refractivity contribution in [3.05, 3.63) is 48.3 Å². The van der Waals surface area contributed by atoms with E-state index in [9.17, 15) is 4.79 Å². The van der Waals surface area contributed by atoms with Crippen LogP contribution in [0.5, 0.6) is 11.5 Å². The van der Waals surface area contributed by atoms with Gasteiger partial charge in [0.25, 0.3) is 0 Å². The number of benzene rings is 1. The first-order chi connectivity index (χ1) is 12.8. The Labute approximate surface area is 152 Å². The molecule has 136 valence electrons. The second-order valence-corrected chi connectivity index (χ2v) is 6.38. The molecule has 0 N–H and O–H groups in total. The number of amides is 1. The summed E-state index contributed by atoms with van der Waals surface area (Å²) in [6, 6.07) is 7.61. The predicted molar refractivity (Wildman–Crippen MR) is 96.8 cm³/mol. The van der Waals surface area contributed by atoms with Crippen molar-refractivity contribution in [1.29, 1.82) is 0 Å². The summed E-state index contributed by atoms with van der Waals surface area (Å²) in [5, 5.41) is 4.22. The normalized spacial score (nSPS) is 17.2. The summed E-state index contributed by atoms with van der Waals surface area (Å²) >= 11 is 0. The van der Waals surface area contributed by atoms with Crippen LogP contribution in [-0.2, 0) is 11.3 Å². The van der Waals surface area contributed by atoms with Crippen LogP contribution in [-0.4, -0.2) is 65.0 Å². The van der Waals surface area contributed by atoms with Crippen molar-refractivity contribution in [2.24, 2.45) is 0 Å². The zero-order valence-electron chi connectivity index (χ0n) is 14.6. The molecule has 2 aromatic rings. The minimum Gasteiger partial charge on any atom is -0.454 e. The van der Waals surface area contributed by atoms with Gasteiger partial charge in [0.05, 0.1) is 6.54 Å². The van der Waals surface area contributed by atoms with Crippen LogP contribution in [0.25, 0.3) is 6.08 Å². The smallest absolute Gasteiger partial charge is 0.246 e. The van der Waals surface area contributed by atoms with Crippen LogP contribution < -0.4 is 9.47 Å². The predicted octanol–water partition coefficient (Wildman–Crippen LogP) is 1.47. The van der Waals surface area contributed by atoms with Crippen molar-refractivity contribution in [3.8, 4) is 11.5 Å². The quantitative estimate of drug-likeness (QED) is 0.761. The number of ether oxygens (including phenoxy) is 2. The standard InChI is InChI=1S/C19H22N4O3/c24-19(5-3-16-2-4-17-18(14-16)26-15-25-17)22-11-8-21(9-12-22)10-13-23-7-1-6-20-23/h1-7,14H,8-13,15H2/b5-3+. The maximum atomic E-state index is 12.4. The first-order valence-corrected chi connectivity index (χ1v) is 8.84. The van der Waals surface area contributed by atoms with Crippen LogP contribution in [0, 0.1) is 0 Å². The molecule has 0 saturated carbocycles. The fraction of sp³-hybridized carbons (Fsp3) is 0.368. The number of carbonyl (C=O) groups excluding carboxylic acids is 1. The zero-order chi connectivity index (χ0) is 17.8. The fourth-order valence-electron chi connectivity index (χ4n) is 3.16. The molecule has 0 spiro atoms. The molecule has 1 aromatic carbocycles. The number of hydrogen-bond acceptors (Lipinski definition) is 5. The van der Waals surface area contributed by atoms with E-state index in [1.807, 2.05) is 46.1 Å². The minimum absolute atomic E-state index is 0.0504.